The van der Waals surface area contributed by atoms with Crippen molar-refractivity contribution in [3.63, 3.8) is 0 Å². The van der Waals surface area contributed by atoms with Gasteiger partial charge in [0.05, 0.1) is 5.75 Å². The Labute approximate surface area is 164 Å². The molecule has 26 heavy (non-hydrogen) atoms. The van der Waals surface area contributed by atoms with Crippen molar-refractivity contribution >= 4 is 39.2 Å². The number of fused-ring (bicyclic) bond motifs is 1. The highest BCUT2D eigenvalue weighted by atomic mass is 79.9. The van der Waals surface area contributed by atoms with E-state index in [2.05, 4.69) is 26.1 Å². The summed E-state index contributed by atoms with van der Waals surface area (Å²) in [5, 5.41) is 8.63. The van der Waals surface area contributed by atoms with E-state index < -0.39 is 0 Å². The maximum Gasteiger partial charge on any atom is 0.232 e. The highest BCUT2D eigenvalue weighted by Gasteiger charge is 2.27. The van der Waals surface area contributed by atoms with Crippen LogP contribution in [0.4, 0.5) is 0 Å². The number of rotatable bonds is 4. The van der Waals surface area contributed by atoms with Crippen molar-refractivity contribution in [2.45, 2.75) is 23.7 Å². The molecule has 1 aliphatic rings. The molecule has 1 fully saturated rings. The molecule has 7 heteroatoms. The molecule has 4 rings (SSSR count). The first-order valence-corrected chi connectivity index (χ1v) is 10.4. The van der Waals surface area contributed by atoms with E-state index in [-0.39, 0.29) is 11.8 Å². The lowest BCUT2D eigenvalue weighted by molar-refractivity contribution is -0.129. The summed E-state index contributed by atoms with van der Waals surface area (Å²) in [4.78, 5) is 15.8. The second-order valence-electron chi connectivity index (χ2n) is 6.41. The number of pyridine rings is 1. The van der Waals surface area contributed by atoms with E-state index in [1.54, 1.807) is 11.8 Å². The van der Waals surface area contributed by atoms with Gasteiger partial charge in [-0.2, -0.15) is 0 Å². The van der Waals surface area contributed by atoms with E-state index in [1.165, 1.54) is 0 Å². The Kier molecular flexibility index (Phi) is 5.26. The first-order valence-electron chi connectivity index (χ1n) is 8.66. The van der Waals surface area contributed by atoms with Crippen molar-refractivity contribution in [1.29, 1.82) is 0 Å². The third-order valence-electron chi connectivity index (χ3n) is 4.66. The van der Waals surface area contributed by atoms with Gasteiger partial charge in [-0.3, -0.25) is 9.20 Å². The maximum absolute atomic E-state index is 12.7. The van der Waals surface area contributed by atoms with Gasteiger partial charge in [-0.1, -0.05) is 22.0 Å². The van der Waals surface area contributed by atoms with Crippen molar-refractivity contribution in [3.05, 3.63) is 59.0 Å². The molecule has 0 saturated carbocycles. The Balaban J connectivity index is 1.41. The lowest BCUT2D eigenvalue weighted by Gasteiger charge is -2.32. The van der Waals surface area contributed by atoms with Gasteiger partial charge >= 0.3 is 0 Å². The van der Waals surface area contributed by atoms with Crippen LogP contribution in [0, 0.1) is 0 Å². The minimum Gasteiger partial charge on any atom is -0.341 e. The van der Waals surface area contributed by atoms with Crippen molar-refractivity contribution in [1.82, 2.24) is 19.5 Å². The minimum absolute atomic E-state index is 0.191. The molecule has 3 heterocycles. The smallest absolute Gasteiger partial charge is 0.232 e. The van der Waals surface area contributed by atoms with Crippen molar-refractivity contribution < 1.29 is 4.79 Å². The summed E-state index contributed by atoms with van der Waals surface area (Å²) in [5.41, 5.74) is 0.858. The van der Waals surface area contributed by atoms with Crippen LogP contribution >= 0.6 is 27.7 Å². The van der Waals surface area contributed by atoms with Crippen LogP contribution in [0.3, 0.4) is 0 Å². The van der Waals surface area contributed by atoms with Crippen LogP contribution in [0.1, 0.15) is 24.6 Å². The van der Waals surface area contributed by atoms with E-state index in [0.717, 1.165) is 46.8 Å². The molecule has 0 bridgehead atoms. The largest absolute Gasteiger partial charge is 0.341 e. The number of thioether (sulfide) groups is 1. The number of likely N-dealkylation sites (tertiary alicyclic amines) is 1. The fourth-order valence-corrected chi connectivity index (χ4v) is 4.39. The second kappa shape index (κ2) is 7.80. The van der Waals surface area contributed by atoms with E-state index in [1.807, 2.05) is 58.0 Å². The SMILES string of the molecule is O=C(CSc1ccc(Br)cc1)N1CCC[C@@H](c2nnc3ccccn23)C1. The number of piperidine rings is 1. The molecule has 1 amide bonds. The zero-order valence-electron chi connectivity index (χ0n) is 14.2. The normalized spacial score (nSPS) is 17.6. The predicted octanol–water partition coefficient (Wildman–Crippen LogP) is 3.99. The number of nitrogens with zero attached hydrogens (tertiary/aromatic N) is 4. The van der Waals surface area contributed by atoms with Gasteiger partial charge in [0.2, 0.25) is 5.91 Å². The van der Waals surface area contributed by atoms with Gasteiger partial charge in [0.25, 0.3) is 0 Å². The van der Waals surface area contributed by atoms with Crippen LogP contribution in [0.5, 0.6) is 0 Å². The third kappa shape index (κ3) is 3.78. The summed E-state index contributed by atoms with van der Waals surface area (Å²) in [5.74, 6) is 1.85. The Hall–Kier alpha value is -1.86. The molecular weight excluding hydrogens is 412 g/mol. The minimum atomic E-state index is 0.191. The molecular formula is C19H19BrN4OS. The number of hydrogen-bond donors (Lipinski definition) is 0. The molecule has 0 N–H and O–H groups in total. The first-order chi connectivity index (χ1) is 12.7. The number of halogens is 1. The number of hydrogen-bond acceptors (Lipinski definition) is 4. The van der Waals surface area contributed by atoms with Crippen LogP contribution in [0.2, 0.25) is 0 Å². The second-order valence-corrected chi connectivity index (χ2v) is 8.37. The molecule has 5 nitrogen and oxygen atoms in total. The standard InChI is InChI=1S/C19H19BrN4OS/c20-15-6-8-16(9-7-15)26-13-18(25)23-10-3-4-14(12-23)19-22-21-17-5-1-2-11-24(17)19/h1-2,5-9,11,14H,3-4,10,12-13H2/t14-/m1/s1. The fraction of sp³-hybridized carbons (Fsp3) is 0.316. The molecule has 0 unspecified atom stereocenters. The lowest BCUT2D eigenvalue weighted by Crippen LogP contribution is -2.40. The van der Waals surface area contributed by atoms with E-state index in [4.69, 9.17) is 0 Å². The van der Waals surface area contributed by atoms with Crippen molar-refractivity contribution in [2.75, 3.05) is 18.8 Å². The summed E-state index contributed by atoms with van der Waals surface area (Å²) in [6.07, 6.45) is 4.04. The molecule has 2 aromatic heterocycles. The number of carbonyl (C=O) groups is 1. The van der Waals surface area contributed by atoms with Gasteiger partial charge in [-0.25, -0.2) is 0 Å². The third-order valence-corrected chi connectivity index (χ3v) is 6.18. The summed E-state index contributed by atoms with van der Waals surface area (Å²) < 4.78 is 3.09. The maximum atomic E-state index is 12.7. The number of carbonyl (C=O) groups excluding carboxylic acids is 1. The quantitative estimate of drug-likeness (QED) is 0.587. The monoisotopic (exact) mass is 430 g/mol. The Bertz CT molecular complexity index is 911. The number of amides is 1. The number of aromatic nitrogens is 3. The highest BCUT2D eigenvalue weighted by molar-refractivity contribution is 9.10. The van der Waals surface area contributed by atoms with Gasteiger partial charge in [0.1, 0.15) is 5.82 Å². The topological polar surface area (TPSA) is 50.5 Å². The molecule has 134 valence electrons. The molecule has 0 spiro atoms. The highest BCUT2D eigenvalue weighted by Crippen LogP contribution is 2.27. The van der Waals surface area contributed by atoms with Crippen LogP contribution in [-0.2, 0) is 4.79 Å². The molecule has 1 atom stereocenters. The van der Waals surface area contributed by atoms with Gasteiger partial charge < -0.3 is 4.90 Å². The van der Waals surface area contributed by atoms with Crippen LogP contribution in [-0.4, -0.2) is 44.2 Å². The molecule has 1 aliphatic heterocycles. The van der Waals surface area contributed by atoms with E-state index >= 15 is 0 Å². The first kappa shape index (κ1) is 17.5. The number of benzene rings is 1. The van der Waals surface area contributed by atoms with Crippen LogP contribution < -0.4 is 0 Å². The molecule has 1 saturated heterocycles. The fourth-order valence-electron chi connectivity index (χ4n) is 3.32. The summed E-state index contributed by atoms with van der Waals surface area (Å²) in [7, 11) is 0. The molecule has 1 aromatic carbocycles. The summed E-state index contributed by atoms with van der Waals surface area (Å²) in [6, 6.07) is 14.0. The zero-order chi connectivity index (χ0) is 17.9. The Morgan fingerprint density at radius 1 is 1.19 bits per heavy atom. The molecule has 0 radical (unpaired) electrons. The Morgan fingerprint density at radius 3 is 2.88 bits per heavy atom. The van der Waals surface area contributed by atoms with Crippen LogP contribution in [0.15, 0.2) is 58.0 Å². The van der Waals surface area contributed by atoms with Crippen LogP contribution in [0.25, 0.3) is 5.65 Å². The zero-order valence-corrected chi connectivity index (χ0v) is 16.6. The lowest BCUT2D eigenvalue weighted by atomic mass is 9.97. The molecule has 0 aliphatic carbocycles. The summed E-state index contributed by atoms with van der Waals surface area (Å²) in [6.45, 7) is 1.54. The van der Waals surface area contributed by atoms with E-state index in [9.17, 15) is 4.79 Å². The van der Waals surface area contributed by atoms with Crippen molar-refractivity contribution in [2.24, 2.45) is 0 Å². The van der Waals surface area contributed by atoms with Gasteiger partial charge in [0.15, 0.2) is 5.65 Å². The Morgan fingerprint density at radius 2 is 2.04 bits per heavy atom. The van der Waals surface area contributed by atoms with Gasteiger partial charge in [-0.15, -0.1) is 22.0 Å². The van der Waals surface area contributed by atoms with E-state index in [0.29, 0.717) is 5.75 Å². The average Bonchev–Trinajstić information content (AvgIpc) is 3.11. The van der Waals surface area contributed by atoms with Crippen molar-refractivity contribution in [3.8, 4) is 0 Å². The van der Waals surface area contributed by atoms with Gasteiger partial charge in [0, 0.05) is 34.6 Å². The summed E-state index contributed by atoms with van der Waals surface area (Å²) >= 11 is 5.02. The van der Waals surface area contributed by atoms with Gasteiger partial charge in [-0.05, 0) is 49.2 Å². The predicted molar refractivity (Wildman–Crippen MR) is 106 cm³/mol. The molecule has 3 aromatic rings. The average molecular weight is 431 g/mol.